The van der Waals surface area contributed by atoms with Crippen LogP contribution in [0.5, 0.6) is 0 Å². The predicted octanol–water partition coefficient (Wildman–Crippen LogP) is 0.0353. The topological polar surface area (TPSA) is 104 Å². The molecular formula is C20H22BrMgN5O3. The van der Waals surface area contributed by atoms with Gasteiger partial charge in [-0.15, -0.1) is 0 Å². The van der Waals surface area contributed by atoms with E-state index in [1.165, 1.54) is 14.0 Å². The third-order valence-electron chi connectivity index (χ3n) is 4.04. The minimum absolute atomic E-state index is 0. The molecule has 0 atom stereocenters. The molecule has 0 aliphatic rings. The van der Waals surface area contributed by atoms with Crippen molar-refractivity contribution >= 4 is 56.5 Å². The van der Waals surface area contributed by atoms with Gasteiger partial charge in [0.05, 0.1) is 18.1 Å². The Morgan fingerprint density at radius 2 is 1.33 bits per heavy atom. The Kier molecular flexibility index (Phi) is 11.5. The monoisotopic (exact) mass is 483 g/mol. The number of benzene rings is 2. The summed E-state index contributed by atoms with van der Waals surface area (Å²) >= 11 is 0. The van der Waals surface area contributed by atoms with Gasteiger partial charge in [-0.1, -0.05) is 36.4 Å². The number of aromatic amines is 2. The number of amides is 1. The van der Waals surface area contributed by atoms with Crippen molar-refractivity contribution in [2.75, 3.05) is 14.2 Å². The molecule has 4 aromatic rings. The number of nitrogens with one attached hydrogen (secondary N) is 2. The molecule has 0 aliphatic heterocycles. The molecule has 0 bridgehead atoms. The molecular weight excluding hydrogens is 462 g/mol. The van der Waals surface area contributed by atoms with Gasteiger partial charge in [0.25, 0.3) is 5.91 Å². The predicted molar refractivity (Wildman–Crippen MR) is 113 cm³/mol. The van der Waals surface area contributed by atoms with Gasteiger partial charge in [-0.3, -0.25) is 24.6 Å². The number of ketones is 1. The van der Waals surface area contributed by atoms with E-state index in [2.05, 4.69) is 20.4 Å². The molecule has 8 nitrogen and oxygen atoms in total. The number of fused-ring (bicyclic) bond motifs is 2. The van der Waals surface area contributed by atoms with Crippen LogP contribution < -0.4 is 17.0 Å². The minimum Gasteiger partial charge on any atom is -1.00 e. The van der Waals surface area contributed by atoms with Crippen molar-refractivity contribution in [2.24, 2.45) is 0 Å². The van der Waals surface area contributed by atoms with Crippen molar-refractivity contribution in [1.29, 1.82) is 0 Å². The van der Waals surface area contributed by atoms with Crippen LogP contribution in [0.4, 0.5) is 0 Å². The number of carbonyl (C=O) groups is 2. The number of aromatic nitrogens is 4. The van der Waals surface area contributed by atoms with E-state index in [-0.39, 0.29) is 59.2 Å². The molecule has 30 heavy (non-hydrogen) atoms. The molecule has 4 rings (SSSR count). The average molecular weight is 485 g/mol. The molecule has 2 N–H and O–H groups in total. The van der Waals surface area contributed by atoms with Gasteiger partial charge in [0.15, 0.2) is 11.5 Å². The number of rotatable bonds is 3. The van der Waals surface area contributed by atoms with Gasteiger partial charge in [0.1, 0.15) is 5.69 Å². The van der Waals surface area contributed by atoms with E-state index in [0.29, 0.717) is 11.4 Å². The van der Waals surface area contributed by atoms with Crippen LogP contribution in [0.1, 0.15) is 27.9 Å². The first-order valence-electron chi connectivity index (χ1n) is 8.22. The summed E-state index contributed by atoms with van der Waals surface area (Å²) in [6.07, 6.45) is 0. The average Bonchev–Trinajstić information content (AvgIpc) is 3.31. The SMILES string of the molecule is CC(=O)c1n[nH]c2ccccc12.CON(C)C(=O)c1n[nH]c2ccccc12.[Br-].[CH3-].[Mg+2]. The second-order valence-electron chi connectivity index (χ2n) is 5.78. The van der Waals surface area contributed by atoms with E-state index in [1.54, 1.807) is 7.05 Å². The molecule has 0 aliphatic carbocycles. The fourth-order valence-corrected chi connectivity index (χ4v) is 2.59. The van der Waals surface area contributed by atoms with Crippen LogP contribution in [-0.4, -0.2) is 74.4 Å². The number of para-hydroxylation sites is 2. The van der Waals surface area contributed by atoms with Crippen molar-refractivity contribution in [1.82, 2.24) is 25.5 Å². The zero-order valence-electron chi connectivity index (χ0n) is 17.3. The largest absolute Gasteiger partial charge is 2.00 e. The number of hydroxylamine groups is 2. The summed E-state index contributed by atoms with van der Waals surface area (Å²) in [7, 11) is 2.98. The van der Waals surface area contributed by atoms with Crippen LogP contribution in [0.25, 0.3) is 21.8 Å². The fourth-order valence-electron chi connectivity index (χ4n) is 2.59. The van der Waals surface area contributed by atoms with E-state index in [4.69, 9.17) is 4.84 Å². The Bertz CT molecular complexity index is 1110. The maximum absolute atomic E-state index is 11.8. The second-order valence-corrected chi connectivity index (χ2v) is 5.78. The van der Waals surface area contributed by atoms with Crippen LogP contribution in [0.2, 0.25) is 0 Å². The van der Waals surface area contributed by atoms with Crippen molar-refractivity contribution in [3.63, 3.8) is 0 Å². The van der Waals surface area contributed by atoms with Crippen molar-refractivity contribution in [3.8, 4) is 0 Å². The minimum atomic E-state index is -0.269. The van der Waals surface area contributed by atoms with Crippen LogP contribution in [0.3, 0.4) is 0 Å². The van der Waals surface area contributed by atoms with Crippen molar-refractivity contribution < 1.29 is 31.4 Å². The maximum Gasteiger partial charge on any atom is 2.00 e. The molecule has 0 spiro atoms. The number of H-pyrrole nitrogens is 2. The van der Waals surface area contributed by atoms with E-state index >= 15 is 0 Å². The Morgan fingerprint density at radius 1 is 0.900 bits per heavy atom. The van der Waals surface area contributed by atoms with E-state index in [9.17, 15) is 9.59 Å². The molecule has 10 heteroatoms. The summed E-state index contributed by atoms with van der Waals surface area (Å²) < 4.78 is 0. The number of nitrogens with zero attached hydrogens (tertiary/aromatic N) is 3. The summed E-state index contributed by atoms with van der Waals surface area (Å²) in [6.45, 7) is 1.52. The zero-order valence-corrected chi connectivity index (χ0v) is 20.3. The summed E-state index contributed by atoms with van der Waals surface area (Å²) in [5, 5.41) is 16.3. The van der Waals surface area contributed by atoms with Crippen molar-refractivity contribution in [3.05, 3.63) is 67.3 Å². The molecule has 1 amide bonds. The number of hydrogen-bond acceptors (Lipinski definition) is 5. The quantitative estimate of drug-likeness (QED) is 0.185. The van der Waals surface area contributed by atoms with Gasteiger partial charge in [-0.25, -0.2) is 5.06 Å². The fraction of sp³-hybridized carbons (Fsp3) is 0.150. The number of carbonyl (C=O) groups excluding carboxylic acids is 2. The van der Waals surface area contributed by atoms with Crippen LogP contribution in [0, 0.1) is 7.43 Å². The van der Waals surface area contributed by atoms with Crippen LogP contribution in [0.15, 0.2) is 48.5 Å². The van der Waals surface area contributed by atoms with Crippen LogP contribution in [-0.2, 0) is 4.84 Å². The first-order valence-corrected chi connectivity index (χ1v) is 8.22. The first-order chi connectivity index (χ1) is 13.0. The third kappa shape index (κ3) is 5.88. The summed E-state index contributed by atoms with van der Waals surface area (Å²) in [5.41, 5.74) is 2.63. The Balaban J connectivity index is 0.000000519. The molecule has 0 radical (unpaired) electrons. The van der Waals surface area contributed by atoms with E-state index in [0.717, 1.165) is 26.9 Å². The molecule has 0 saturated heterocycles. The Hall–Kier alpha value is -2.27. The molecule has 0 unspecified atom stereocenters. The van der Waals surface area contributed by atoms with Gasteiger partial charge in [-0.05, 0) is 12.1 Å². The van der Waals surface area contributed by atoms with Crippen LogP contribution >= 0.6 is 0 Å². The maximum atomic E-state index is 11.8. The standard InChI is InChI=1S/C10H11N3O2.C9H8N2O.CH3.BrH.Mg/c1-13(15-2)10(14)9-7-5-3-4-6-8(7)11-12-9;1-6(12)9-7-4-2-3-5-8(7)10-11-9;;;/h3-6H,1-2H3,(H,11,12);2-5H,1H3,(H,10,11);1H3;1H;/q;;-1;;+2/p-1. The summed E-state index contributed by atoms with van der Waals surface area (Å²) in [6, 6.07) is 15.0. The first kappa shape index (κ1) is 27.7. The molecule has 0 fully saturated rings. The van der Waals surface area contributed by atoms with Gasteiger partial charge in [-0.2, -0.15) is 10.2 Å². The van der Waals surface area contributed by atoms with Gasteiger partial charge in [0, 0.05) is 24.7 Å². The van der Waals surface area contributed by atoms with E-state index in [1.807, 2.05) is 48.5 Å². The summed E-state index contributed by atoms with van der Waals surface area (Å²) in [5.74, 6) is -0.276. The Labute approximate surface area is 201 Å². The second kappa shape index (κ2) is 12.4. The summed E-state index contributed by atoms with van der Waals surface area (Å²) in [4.78, 5) is 27.6. The normalized spacial score (nSPS) is 9.43. The molecule has 2 aromatic carbocycles. The molecule has 2 aromatic heterocycles. The molecule has 154 valence electrons. The zero-order chi connectivity index (χ0) is 19.4. The number of halogens is 1. The number of Topliss-reactive ketones (excluding diaryl/α,β-unsaturated/α-hetero) is 1. The molecule has 0 saturated carbocycles. The Morgan fingerprint density at radius 3 is 1.80 bits per heavy atom. The third-order valence-corrected chi connectivity index (χ3v) is 4.04. The van der Waals surface area contributed by atoms with E-state index < -0.39 is 0 Å². The van der Waals surface area contributed by atoms with Gasteiger partial charge >= 0.3 is 23.1 Å². The van der Waals surface area contributed by atoms with Gasteiger partial charge < -0.3 is 24.4 Å². The van der Waals surface area contributed by atoms with Crippen molar-refractivity contribution in [2.45, 2.75) is 6.92 Å². The smallest absolute Gasteiger partial charge is 1.00 e. The molecule has 2 heterocycles. The number of hydrogen-bond donors (Lipinski definition) is 2. The van der Waals surface area contributed by atoms with Gasteiger partial charge in [0.2, 0.25) is 0 Å².